The highest BCUT2D eigenvalue weighted by molar-refractivity contribution is 5.46. The van der Waals surface area contributed by atoms with Crippen molar-refractivity contribution in [2.45, 2.75) is 19.5 Å². The monoisotopic (exact) mass is 249 g/mol. The Balaban J connectivity index is 2.23. The van der Waals surface area contributed by atoms with E-state index in [-0.39, 0.29) is 18.5 Å². The summed E-state index contributed by atoms with van der Waals surface area (Å²) in [6.45, 7) is 2.62. The van der Waals surface area contributed by atoms with Crippen molar-refractivity contribution in [2.75, 3.05) is 11.9 Å². The smallest absolute Gasteiger partial charge is 0.146 e. The predicted molar refractivity (Wildman–Crippen MR) is 67.8 cm³/mol. The number of benzene rings is 1. The zero-order valence-corrected chi connectivity index (χ0v) is 10.2. The third-order valence-corrected chi connectivity index (χ3v) is 2.83. The first-order valence-corrected chi connectivity index (χ1v) is 5.88. The summed E-state index contributed by atoms with van der Waals surface area (Å²) in [5, 5.41) is 12.4. The molecular formula is C13H16FN3O. The molecule has 0 spiro atoms. The largest absolute Gasteiger partial charge is 0.394 e. The molecular weight excluding hydrogens is 233 g/mol. The second kappa shape index (κ2) is 5.64. The van der Waals surface area contributed by atoms with E-state index in [1.807, 2.05) is 11.5 Å². The molecule has 18 heavy (non-hydrogen) atoms. The van der Waals surface area contributed by atoms with E-state index < -0.39 is 0 Å². The van der Waals surface area contributed by atoms with Crippen molar-refractivity contribution < 1.29 is 9.50 Å². The van der Waals surface area contributed by atoms with E-state index in [2.05, 4.69) is 10.3 Å². The van der Waals surface area contributed by atoms with Crippen LogP contribution in [0.15, 0.2) is 36.8 Å². The van der Waals surface area contributed by atoms with E-state index in [9.17, 15) is 9.50 Å². The number of anilines is 1. The van der Waals surface area contributed by atoms with Gasteiger partial charge in [0.25, 0.3) is 0 Å². The molecule has 0 aliphatic heterocycles. The number of aromatic nitrogens is 2. The van der Waals surface area contributed by atoms with Gasteiger partial charge in [0.15, 0.2) is 0 Å². The van der Waals surface area contributed by atoms with E-state index in [4.69, 9.17) is 0 Å². The average Bonchev–Trinajstić information content (AvgIpc) is 2.86. The molecule has 1 unspecified atom stereocenters. The third kappa shape index (κ3) is 2.51. The van der Waals surface area contributed by atoms with Crippen LogP contribution < -0.4 is 5.32 Å². The Labute approximate surface area is 105 Å². The van der Waals surface area contributed by atoms with Crippen molar-refractivity contribution in [3.63, 3.8) is 0 Å². The fraction of sp³-hybridized carbons (Fsp3) is 0.308. The molecule has 2 rings (SSSR count). The van der Waals surface area contributed by atoms with Crippen molar-refractivity contribution in [1.29, 1.82) is 0 Å². The van der Waals surface area contributed by atoms with Crippen molar-refractivity contribution in [3.05, 3.63) is 48.3 Å². The molecule has 4 nitrogen and oxygen atoms in total. The van der Waals surface area contributed by atoms with Crippen LogP contribution in [0.1, 0.15) is 18.7 Å². The molecule has 2 aromatic rings. The number of aliphatic hydroxyl groups excluding tert-OH is 1. The molecule has 0 aliphatic carbocycles. The SMILES string of the molecule is CCn1cncc1C(CO)Nc1ccccc1F. The molecule has 96 valence electrons. The lowest BCUT2D eigenvalue weighted by Gasteiger charge is -2.19. The number of aliphatic hydroxyl groups is 1. The first-order chi connectivity index (χ1) is 8.76. The number of imidazole rings is 1. The van der Waals surface area contributed by atoms with E-state index >= 15 is 0 Å². The minimum atomic E-state index is -0.371. The van der Waals surface area contributed by atoms with Crippen LogP contribution in [-0.4, -0.2) is 21.3 Å². The average molecular weight is 249 g/mol. The zero-order valence-electron chi connectivity index (χ0n) is 10.2. The lowest BCUT2D eigenvalue weighted by molar-refractivity contribution is 0.271. The van der Waals surface area contributed by atoms with Gasteiger partial charge in [0, 0.05) is 6.54 Å². The summed E-state index contributed by atoms with van der Waals surface area (Å²) >= 11 is 0. The zero-order chi connectivity index (χ0) is 13.0. The fourth-order valence-electron chi connectivity index (χ4n) is 1.86. The van der Waals surface area contributed by atoms with Gasteiger partial charge >= 0.3 is 0 Å². The molecule has 0 radical (unpaired) electrons. The molecule has 1 atom stereocenters. The van der Waals surface area contributed by atoms with Crippen LogP contribution in [0.2, 0.25) is 0 Å². The van der Waals surface area contributed by atoms with Crippen LogP contribution in [0, 0.1) is 5.82 Å². The van der Waals surface area contributed by atoms with Crippen molar-refractivity contribution in [3.8, 4) is 0 Å². The van der Waals surface area contributed by atoms with Crippen molar-refractivity contribution >= 4 is 5.69 Å². The lowest BCUT2D eigenvalue weighted by atomic mass is 10.2. The van der Waals surface area contributed by atoms with Crippen LogP contribution in [0.4, 0.5) is 10.1 Å². The highest BCUT2D eigenvalue weighted by Crippen LogP contribution is 2.21. The van der Waals surface area contributed by atoms with Gasteiger partial charge in [-0.25, -0.2) is 9.37 Å². The standard InChI is InChI=1S/C13H16FN3O/c1-2-17-9-15-7-13(17)12(8-18)16-11-6-4-3-5-10(11)14/h3-7,9,12,16,18H,2,8H2,1H3. The molecule has 0 saturated heterocycles. The molecule has 0 saturated carbocycles. The summed E-state index contributed by atoms with van der Waals surface area (Å²) in [5.74, 6) is -0.335. The van der Waals surface area contributed by atoms with E-state index in [0.29, 0.717) is 5.69 Å². The summed E-state index contributed by atoms with van der Waals surface area (Å²) < 4.78 is 15.5. The molecule has 2 N–H and O–H groups in total. The summed E-state index contributed by atoms with van der Waals surface area (Å²) in [6, 6.07) is 6.03. The Bertz CT molecular complexity index is 512. The van der Waals surface area contributed by atoms with E-state index in [1.54, 1.807) is 30.7 Å². The lowest BCUT2D eigenvalue weighted by Crippen LogP contribution is -2.19. The van der Waals surface area contributed by atoms with Crippen LogP contribution in [0.3, 0.4) is 0 Å². The van der Waals surface area contributed by atoms with Crippen LogP contribution in [-0.2, 0) is 6.54 Å². The Morgan fingerprint density at radius 2 is 2.22 bits per heavy atom. The summed E-state index contributed by atoms with van der Waals surface area (Å²) in [4.78, 5) is 4.04. The second-order valence-electron chi connectivity index (χ2n) is 3.96. The molecule has 0 fully saturated rings. The van der Waals surface area contributed by atoms with E-state index in [0.717, 1.165) is 12.2 Å². The second-order valence-corrected chi connectivity index (χ2v) is 3.96. The topological polar surface area (TPSA) is 50.1 Å². The maximum atomic E-state index is 13.5. The number of aryl methyl sites for hydroxylation is 1. The van der Waals surface area contributed by atoms with Gasteiger partial charge in [0.2, 0.25) is 0 Å². The first-order valence-electron chi connectivity index (χ1n) is 5.88. The van der Waals surface area contributed by atoms with Gasteiger partial charge in [-0.15, -0.1) is 0 Å². The first kappa shape index (κ1) is 12.6. The Morgan fingerprint density at radius 3 is 2.89 bits per heavy atom. The van der Waals surface area contributed by atoms with Gasteiger partial charge in [-0.2, -0.15) is 0 Å². The van der Waals surface area contributed by atoms with Crippen molar-refractivity contribution in [1.82, 2.24) is 9.55 Å². The Hall–Kier alpha value is -1.88. The van der Waals surface area contributed by atoms with E-state index in [1.165, 1.54) is 6.07 Å². The number of nitrogens with zero attached hydrogens (tertiary/aromatic N) is 2. The summed E-state index contributed by atoms with van der Waals surface area (Å²) in [5.41, 5.74) is 1.21. The molecule has 0 bridgehead atoms. The molecule has 0 amide bonds. The minimum absolute atomic E-state index is 0.125. The van der Waals surface area contributed by atoms with Gasteiger partial charge in [0.05, 0.1) is 36.6 Å². The quantitative estimate of drug-likeness (QED) is 0.854. The summed E-state index contributed by atoms with van der Waals surface area (Å²) in [7, 11) is 0. The highest BCUT2D eigenvalue weighted by atomic mass is 19.1. The number of rotatable bonds is 5. The molecule has 5 heteroatoms. The predicted octanol–water partition coefficient (Wildman–Crippen LogP) is 2.19. The van der Waals surface area contributed by atoms with Gasteiger partial charge in [-0.3, -0.25) is 0 Å². The highest BCUT2D eigenvalue weighted by Gasteiger charge is 2.15. The number of halogens is 1. The molecule has 1 heterocycles. The number of nitrogens with one attached hydrogen (secondary N) is 1. The van der Waals surface area contributed by atoms with Gasteiger partial charge in [-0.1, -0.05) is 12.1 Å². The molecule has 0 aliphatic rings. The Morgan fingerprint density at radius 1 is 1.44 bits per heavy atom. The normalized spacial score (nSPS) is 12.4. The minimum Gasteiger partial charge on any atom is -0.394 e. The van der Waals surface area contributed by atoms with Gasteiger partial charge < -0.3 is 15.0 Å². The van der Waals surface area contributed by atoms with Crippen LogP contribution >= 0.6 is 0 Å². The number of hydrogen-bond donors (Lipinski definition) is 2. The third-order valence-electron chi connectivity index (χ3n) is 2.83. The number of para-hydroxylation sites is 1. The van der Waals surface area contributed by atoms with Crippen LogP contribution in [0.5, 0.6) is 0 Å². The fourth-order valence-corrected chi connectivity index (χ4v) is 1.86. The summed E-state index contributed by atoms with van der Waals surface area (Å²) in [6.07, 6.45) is 3.37. The molecule has 1 aromatic carbocycles. The maximum absolute atomic E-state index is 13.5. The van der Waals surface area contributed by atoms with Crippen LogP contribution in [0.25, 0.3) is 0 Å². The maximum Gasteiger partial charge on any atom is 0.146 e. The molecule has 1 aromatic heterocycles. The van der Waals surface area contributed by atoms with Gasteiger partial charge in [-0.05, 0) is 19.1 Å². The Kier molecular flexibility index (Phi) is 3.94. The van der Waals surface area contributed by atoms with Crippen molar-refractivity contribution in [2.24, 2.45) is 0 Å². The van der Waals surface area contributed by atoms with Gasteiger partial charge in [0.1, 0.15) is 5.82 Å². The number of hydrogen-bond acceptors (Lipinski definition) is 3.